The maximum atomic E-state index is 14.8. The molecule has 0 radical (unpaired) electrons. The highest BCUT2D eigenvalue weighted by molar-refractivity contribution is 7.82. The molecule has 0 spiro atoms. The number of oxime groups is 1. The van der Waals surface area contributed by atoms with Crippen LogP contribution >= 0.6 is 11.6 Å². The number of amides is 3. The van der Waals surface area contributed by atoms with E-state index in [-0.39, 0.29) is 78.6 Å². The van der Waals surface area contributed by atoms with Crippen molar-refractivity contribution in [3.8, 4) is 23.0 Å². The van der Waals surface area contributed by atoms with Crippen molar-refractivity contribution >= 4 is 72.8 Å². The largest absolute Gasteiger partial charge is 0.501 e. The fourth-order valence-electron chi connectivity index (χ4n) is 10.1. The molecule has 30 nitrogen and oxygen atoms in total. The number of nitrogens with one attached hydrogen (secondary N) is 2. The molecule has 0 aliphatic carbocycles. The van der Waals surface area contributed by atoms with E-state index in [2.05, 4.69) is 25.8 Å². The predicted molar refractivity (Wildman–Crippen MR) is 313 cm³/mol. The molecule has 3 amide bonds. The van der Waals surface area contributed by atoms with Crippen LogP contribution in [0, 0.1) is 0 Å². The van der Waals surface area contributed by atoms with Gasteiger partial charge in [0.2, 0.25) is 12.2 Å². The van der Waals surface area contributed by atoms with Gasteiger partial charge < -0.3 is 103 Å². The summed E-state index contributed by atoms with van der Waals surface area (Å²) in [5.74, 6) is -2.90. The normalized spacial score (nSPS) is 23.7. The van der Waals surface area contributed by atoms with E-state index in [1.807, 2.05) is 0 Å². The number of anilines is 1. The van der Waals surface area contributed by atoms with Gasteiger partial charge in [-0.2, -0.15) is 0 Å². The molecule has 4 aromatic carbocycles. The monoisotopic (exact) mass is 1280 g/mol. The van der Waals surface area contributed by atoms with Gasteiger partial charge in [0.15, 0.2) is 17.2 Å². The van der Waals surface area contributed by atoms with Gasteiger partial charge in [0.1, 0.15) is 67.0 Å². The van der Waals surface area contributed by atoms with Crippen LogP contribution in [0.25, 0.3) is 21.7 Å². The number of benzene rings is 4. The first-order valence-electron chi connectivity index (χ1n) is 28.1. The van der Waals surface area contributed by atoms with Crippen molar-refractivity contribution in [1.29, 1.82) is 0 Å². The molecule has 482 valence electrons. The summed E-state index contributed by atoms with van der Waals surface area (Å²) in [4.78, 5) is 51.4. The Kier molecular flexibility index (Phi) is 21.6. The number of aromatic nitrogens is 4. The third kappa shape index (κ3) is 15.1. The van der Waals surface area contributed by atoms with Crippen molar-refractivity contribution in [2.24, 2.45) is 5.16 Å². The molecular weight excluding hydrogens is 1220 g/mol. The number of alkyl halides is 1. The lowest BCUT2D eigenvalue weighted by molar-refractivity contribution is -0.301. The lowest BCUT2D eigenvalue weighted by atomic mass is 9.95. The third-order valence-electron chi connectivity index (χ3n) is 15.1. The summed E-state index contributed by atoms with van der Waals surface area (Å²) in [6.07, 6.45) is -14.0. The minimum atomic E-state index is -5.32. The summed E-state index contributed by atoms with van der Waals surface area (Å²) >= 11 is 6.62. The first-order chi connectivity index (χ1) is 42.6. The summed E-state index contributed by atoms with van der Waals surface area (Å²) in [7, 11) is -2.42. The van der Waals surface area contributed by atoms with E-state index < -0.39 is 114 Å². The average Bonchev–Trinajstić information content (AvgIpc) is 3.31. The molecule has 32 heteroatoms. The zero-order chi connectivity index (χ0) is 63.8. The topological polar surface area (TPSA) is 408 Å². The molecular formula is C57H69ClN8O22S. The van der Waals surface area contributed by atoms with Gasteiger partial charge in [-0.1, -0.05) is 23.4 Å². The number of aliphatic hydroxyl groups excluding tert-OH is 8. The molecule has 3 aliphatic rings. The quantitative estimate of drug-likeness (QED) is 0.0108. The lowest BCUT2D eigenvalue weighted by Crippen LogP contribution is -2.60. The minimum absolute atomic E-state index is 0.0196. The smallest absolute Gasteiger partial charge is 0.497 e. The van der Waals surface area contributed by atoms with Crippen molar-refractivity contribution in [1.82, 2.24) is 30.2 Å². The molecule has 3 aliphatic heterocycles. The number of fused-ring (bicyclic) bond motifs is 4. The van der Waals surface area contributed by atoms with Gasteiger partial charge >= 0.3 is 10.4 Å². The number of H-pyrrole nitrogens is 1. The predicted octanol–water partition coefficient (Wildman–Crippen LogP) is 0.157. The average molecular weight is 1290 g/mol. The number of rotatable bonds is 27. The number of hydrogen-bond donors (Lipinski definition) is 10. The summed E-state index contributed by atoms with van der Waals surface area (Å²) in [5, 5.41) is 98.2. The molecule has 0 saturated carbocycles. The van der Waals surface area contributed by atoms with Crippen LogP contribution in [0.5, 0.6) is 23.0 Å². The Morgan fingerprint density at radius 1 is 0.820 bits per heavy atom. The number of carbonyl (C=O) groups excluding carboxylic acids is 3. The summed E-state index contributed by atoms with van der Waals surface area (Å²) < 4.78 is 75.5. The molecule has 2 aromatic heterocycles. The molecule has 2 fully saturated rings. The maximum absolute atomic E-state index is 14.8. The van der Waals surface area contributed by atoms with Crippen molar-refractivity contribution in [2.45, 2.75) is 101 Å². The molecule has 10 N–H and O–H groups in total. The number of nitrogens with zero attached hydrogens (tertiary/aromatic N) is 6. The first-order valence-corrected chi connectivity index (χ1v) is 30.0. The van der Waals surface area contributed by atoms with Gasteiger partial charge in [0.25, 0.3) is 18.1 Å². The van der Waals surface area contributed by atoms with Gasteiger partial charge in [-0.3, -0.25) is 14.4 Å². The van der Waals surface area contributed by atoms with E-state index in [9.17, 15) is 63.7 Å². The standard InChI is InChI=1S/C57H69ClN8O22S/c1-5-46(69)59-28-82-15-12-34-25-65(63-61-34)14-17-81-16-13-64(3)54(76)31-7-11-41(83-56-52(74)50(72)48(70)44(26-67)84-56)43(20-31)88-89(78,79)87-42-22-40-47(37-21-35(80-4)8-9-36(37)42)33(23-58)24-66(40)55(77)39-19-32-18-30(6-10-38(32)60-39)29(2)62-86-57-53(75)51(73)49(71)45(27-68)85-57/h6-11,18-22,25,33,44-45,48-53,56-57,60,67-68,70-75H,5,12-17,23-24,26-28H2,1-4H3,(H,59,69)/b62-29+/t33-,44-,45?,48+,49+,50+,51+,52-,53-,56-,57?/m1/s1. The Balaban J connectivity index is 0.939. The zero-order valence-electron chi connectivity index (χ0n) is 48.5. The van der Waals surface area contributed by atoms with Crippen LogP contribution in [0.4, 0.5) is 5.69 Å². The van der Waals surface area contributed by atoms with Crippen LogP contribution in [-0.2, 0) is 51.9 Å². The minimum Gasteiger partial charge on any atom is -0.497 e. The van der Waals surface area contributed by atoms with Gasteiger partial charge in [0, 0.05) is 78.9 Å². The Hall–Kier alpha value is -7.34. The lowest BCUT2D eigenvalue weighted by Gasteiger charge is -2.39. The first kappa shape index (κ1) is 66.1. The summed E-state index contributed by atoms with van der Waals surface area (Å²) in [5.41, 5.74) is 2.77. The fourth-order valence-corrected chi connectivity index (χ4v) is 11.1. The summed E-state index contributed by atoms with van der Waals surface area (Å²) in [6.45, 7) is 2.93. The Morgan fingerprint density at radius 2 is 1.53 bits per heavy atom. The number of carbonyl (C=O) groups is 3. The second-order valence-electron chi connectivity index (χ2n) is 21.1. The van der Waals surface area contributed by atoms with Crippen molar-refractivity contribution in [3.05, 3.63) is 101 Å². The van der Waals surface area contributed by atoms with E-state index in [1.165, 1.54) is 36.1 Å². The van der Waals surface area contributed by atoms with Crippen LogP contribution in [0.1, 0.15) is 63.9 Å². The van der Waals surface area contributed by atoms with E-state index in [1.54, 1.807) is 67.2 Å². The van der Waals surface area contributed by atoms with Crippen LogP contribution in [0.15, 0.2) is 78.1 Å². The van der Waals surface area contributed by atoms with Gasteiger partial charge in [-0.15, -0.1) is 25.1 Å². The molecule has 2 saturated heterocycles. The molecule has 0 bridgehead atoms. The molecule has 5 heterocycles. The molecule has 11 atom stereocenters. The number of ether oxygens (including phenoxy) is 6. The van der Waals surface area contributed by atoms with E-state index >= 15 is 0 Å². The highest BCUT2D eigenvalue weighted by Crippen LogP contribution is 2.48. The Morgan fingerprint density at radius 3 is 2.24 bits per heavy atom. The maximum Gasteiger partial charge on any atom is 0.501 e. The number of aliphatic hydroxyl groups is 8. The second-order valence-corrected chi connectivity index (χ2v) is 22.5. The van der Waals surface area contributed by atoms with Crippen molar-refractivity contribution in [2.75, 3.05) is 77.8 Å². The number of halogens is 1. The Bertz CT molecular complexity index is 3630. The number of methoxy groups -OCH3 is 1. The Labute approximate surface area is 513 Å². The highest BCUT2D eigenvalue weighted by Gasteiger charge is 2.47. The SMILES string of the molecule is CCC(=O)NCOCCc1cn(CCOCCN(C)C(=O)c2ccc(O[C@@H]3O[C@H](CO)[C@H](O)[C@H](O)[C@H]3O)c(OS(=O)(=O)Oc3cc4c(c5cc(OC)ccc35)[C@H](CCl)CN4C(=O)c3cc4cc(/C(C)=N/OC5OC(CO)[C@H](O)[C@H](O)[C@H]5O)ccc4[nH]3)c2)nn1. The van der Waals surface area contributed by atoms with Crippen LogP contribution < -0.4 is 28.1 Å². The third-order valence-corrected chi connectivity index (χ3v) is 16.2. The zero-order valence-corrected chi connectivity index (χ0v) is 50.1. The summed E-state index contributed by atoms with van der Waals surface area (Å²) in [6, 6.07) is 16.2. The van der Waals surface area contributed by atoms with Crippen LogP contribution in [0.2, 0.25) is 0 Å². The van der Waals surface area contributed by atoms with Crippen molar-refractivity contribution in [3.63, 3.8) is 0 Å². The van der Waals surface area contributed by atoms with Crippen molar-refractivity contribution < 1.29 is 105 Å². The molecule has 9 rings (SSSR count). The molecule has 2 unspecified atom stereocenters. The fraction of sp³-hybridized carbons (Fsp3) is 0.474. The second kappa shape index (κ2) is 29.1. The van der Waals surface area contributed by atoms with Gasteiger partial charge in [-0.05, 0) is 78.0 Å². The number of aromatic amines is 1. The van der Waals surface area contributed by atoms with E-state index in [0.717, 1.165) is 12.1 Å². The number of likely N-dealkylation sites (N-methyl/N-ethyl adjacent to an activating group) is 1. The van der Waals surface area contributed by atoms with Crippen LogP contribution in [-0.4, -0.2) is 232 Å². The molecule has 89 heavy (non-hydrogen) atoms. The van der Waals surface area contributed by atoms with E-state index in [4.69, 9.17) is 53.2 Å². The van der Waals surface area contributed by atoms with E-state index in [0.29, 0.717) is 64.9 Å². The molecule has 6 aromatic rings. The van der Waals surface area contributed by atoms with Gasteiger partial charge in [-0.25, -0.2) is 4.68 Å². The van der Waals surface area contributed by atoms with Gasteiger partial charge in [0.05, 0.1) is 63.8 Å². The highest BCUT2D eigenvalue weighted by atomic mass is 35.5. The van der Waals surface area contributed by atoms with Crippen LogP contribution in [0.3, 0.4) is 0 Å². The number of hydrogen-bond acceptors (Lipinski definition) is 25.